The Balaban J connectivity index is 6.58. The minimum atomic E-state index is -2.98. The number of thiocarbonyl (C=S) groups is 1. The first-order valence-electron chi connectivity index (χ1n) is 5.89. The van der Waals surface area contributed by atoms with Crippen molar-refractivity contribution in [3.8, 4) is 0 Å². The molecule has 0 amide bonds. The van der Waals surface area contributed by atoms with E-state index in [1.807, 2.05) is 41.5 Å². The van der Waals surface area contributed by atoms with Crippen molar-refractivity contribution >= 4 is 36.9 Å². The Morgan fingerprint density at radius 3 is 1.89 bits per heavy atom. The third-order valence-electron chi connectivity index (χ3n) is 3.21. The normalized spacial score (nSPS) is 12.2. The standard InChI is InChI=1S/C12H21N3O2SSi/c1-11(2,3)19(14-8-18,12(4,5)6)9(15-13)10(16)17-7/h1-7H3. The monoisotopic (exact) mass is 299 g/mol. The number of ether oxygens (including phenoxy) is 1. The molecule has 7 heteroatoms. The van der Waals surface area contributed by atoms with E-state index in [4.69, 9.17) is 17.0 Å². The van der Waals surface area contributed by atoms with Crippen LogP contribution in [0.5, 0.6) is 0 Å². The highest BCUT2D eigenvalue weighted by atomic mass is 32.1. The lowest BCUT2D eigenvalue weighted by Crippen LogP contribution is -2.60. The number of rotatable bonds is 3. The van der Waals surface area contributed by atoms with Crippen molar-refractivity contribution in [1.29, 1.82) is 0 Å². The molecule has 0 aliphatic heterocycles. The summed E-state index contributed by atoms with van der Waals surface area (Å²) in [5.41, 5.74) is 9.32. The van der Waals surface area contributed by atoms with Crippen LogP contribution < -0.4 is 0 Å². The molecule has 0 aliphatic rings. The second-order valence-electron chi connectivity index (χ2n) is 6.35. The molecule has 0 saturated carbocycles. The van der Waals surface area contributed by atoms with Crippen LogP contribution in [0.25, 0.3) is 5.53 Å². The number of methoxy groups -OCH3 is 1. The largest absolute Gasteiger partial charge is 0.461 e. The van der Waals surface area contributed by atoms with Crippen molar-refractivity contribution in [1.82, 2.24) is 0 Å². The maximum atomic E-state index is 12.0. The summed E-state index contributed by atoms with van der Waals surface area (Å²) in [5.74, 6) is -0.673. The van der Waals surface area contributed by atoms with Crippen LogP contribution in [0, 0.1) is 0 Å². The lowest BCUT2D eigenvalue weighted by atomic mass is 10.2. The molecule has 0 atom stereocenters. The number of esters is 1. The zero-order valence-electron chi connectivity index (χ0n) is 12.6. The topological polar surface area (TPSA) is 75.1 Å². The van der Waals surface area contributed by atoms with Gasteiger partial charge in [-0.1, -0.05) is 41.5 Å². The van der Waals surface area contributed by atoms with Crippen LogP contribution in [-0.2, 0) is 9.53 Å². The van der Waals surface area contributed by atoms with Crippen molar-refractivity contribution < 1.29 is 14.3 Å². The van der Waals surface area contributed by atoms with Gasteiger partial charge in [0.05, 0.1) is 7.11 Å². The molecule has 0 N–H and O–H groups in total. The Kier molecular flexibility index (Phi) is 5.53. The highest BCUT2D eigenvalue weighted by molar-refractivity contribution is 7.78. The molecule has 0 heterocycles. The third-order valence-corrected chi connectivity index (χ3v) is 9.24. The molecule has 0 aromatic heterocycles. The smallest absolute Gasteiger partial charge is 0.412 e. The third kappa shape index (κ3) is 3.07. The maximum absolute atomic E-state index is 12.0. The molecule has 0 saturated heterocycles. The second kappa shape index (κ2) is 5.88. The van der Waals surface area contributed by atoms with Gasteiger partial charge in [0.25, 0.3) is 0 Å². The molecule has 0 radical (unpaired) electrons. The molecule has 0 unspecified atom stereocenters. The summed E-state index contributed by atoms with van der Waals surface area (Å²) < 4.78 is 9.08. The summed E-state index contributed by atoms with van der Waals surface area (Å²) in [6, 6.07) is 0. The Morgan fingerprint density at radius 1 is 1.26 bits per heavy atom. The molecule has 0 spiro atoms. The molecular formula is C12H21N3O2SSi. The van der Waals surface area contributed by atoms with E-state index in [0.717, 1.165) is 0 Å². The zero-order valence-corrected chi connectivity index (χ0v) is 14.4. The second-order valence-corrected chi connectivity index (χ2v) is 11.7. The lowest BCUT2D eigenvalue weighted by molar-refractivity contribution is -0.136. The van der Waals surface area contributed by atoms with E-state index in [0.29, 0.717) is 0 Å². The van der Waals surface area contributed by atoms with E-state index < -0.39 is 24.3 Å². The first kappa shape index (κ1) is 17.9. The van der Waals surface area contributed by atoms with Gasteiger partial charge in [-0.3, -0.25) is 4.66 Å². The molecule has 19 heavy (non-hydrogen) atoms. The fourth-order valence-corrected chi connectivity index (χ4v) is 8.19. The van der Waals surface area contributed by atoms with Gasteiger partial charge >= 0.3 is 19.5 Å². The van der Waals surface area contributed by atoms with Crippen LogP contribution in [-0.4, -0.2) is 36.6 Å². The fraction of sp³-hybridized carbons (Fsp3) is 0.750. The molecule has 0 aromatic rings. The van der Waals surface area contributed by atoms with Crippen molar-refractivity contribution in [2.24, 2.45) is 4.66 Å². The molecular weight excluding hydrogens is 278 g/mol. The zero-order chi connectivity index (χ0) is 15.5. The van der Waals surface area contributed by atoms with Crippen LogP contribution in [0.4, 0.5) is 0 Å². The van der Waals surface area contributed by atoms with Crippen LogP contribution in [0.1, 0.15) is 41.5 Å². The average molecular weight is 299 g/mol. The molecule has 0 rings (SSSR count). The quantitative estimate of drug-likeness (QED) is 0.201. The SMILES string of the molecule is COC(=O)C(=[N+]=[N-])[Si](N=C=S)(C(C)(C)C)C(C)(C)C. The van der Waals surface area contributed by atoms with E-state index in [9.17, 15) is 10.3 Å². The van der Waals surface area contributed by atoms with Crippen LogP contribution in [0.2, 0.25) is 10.1 Å². The summed E-state index contributed by atoms with van der Waals surface area (Å²) in [4.78, 5) is 15.2. The van der Waals surface area contributed by atoms with Crippen LogP contribution in [0.3, 0.4) is 0 Å². The number of nitrogens with zero attached hydrogens (tertiary/aromatic N) is 3. The van der Waals surface area contributed by atoms with Gasteiger partial charge in [0, 0.05) is 5.16 Å². The van der Waals surface area contributed by atoms with E-state index in [-0.39, 0.29) is 5.33 Å². The van der Waals surface area contributed by atoms with E-state index >= 15 is 0 Å². The predicted octanol–water partition coefficient (Wildman–Crippen LogP) is 3.02. The van der Waals surface area contributed by atoms with Crippen molar-refractivity contribution in [2.45, 2.75) is 51.6 Å². The van der Waals surface area contributed by atoms with E-state index in [1.54, 1.807) is 0 Å². The number of isothiocyanates is 1. The van der Waals surface area contributed by atoms with Crippen LogP contribution in [0.15, 0.2) is 4.66 Å². The van der Waals surface area contributed by atoms with Crippen molar-refractivity contribution in [3.63, 3.8) is 0 Å². The molecule has 0 aliphatic carbocycles. The summed E-state index contributed by atoms with van der Waals surface area (Å²) in [6.07, 6.45) is 0. The van der Waals surface area contributed by atoms with Gasteiger partial charge in [-0.05, 0) is 22.3 Å². The highest BCUT2D eigenvalue weighted by Crippen LogP contribution is 2.52. The van der Waals surface area contributed by atoms with Gasteiger partial charge in [0.1, 0.15) is 0 Å². The Bertz CT molecular complexity index is 450. The first-order chi connectivity index (χ1) is 8.49. The first-order valence-corrected chi connectivity index (χ1v) is 8.25. The van der Waals surface area contributed by atoms with Crippen LogP contribution >= 0.6 is 12.2 Å². The Labute approximate surface area is 120 Å². The summed E-state index contributed by atoms with van der Waals surface area (Å²) in [7, 11) is -1.73. The van der Waals surface area contributed by atoms with Gasteiger partial charge in [-0.15, -0.1) is 0 Å². The predicted molar refractivity (Wildman–Crippen MR) is 80.9 cm³/mol. The Morgan fingerprint density at radius 2 is 1.68 bits per heavy atom. The number of hydrogen-bond donors (Lipinski definition) is 0. The summed E-state index contributed by atoms with van der Waals surface area (Å²) in [5, 5.41) is 1.56. The minimum absolute atomic E-state index is 0.0349. The molecule has 0 aromatic carbocycles. The average Bonchev–Trinajstić information content (AvgIpc) is 2.25. The maximum Gasteiger partial charge on any atom is 0.412 e. The number of carbonyl (C=O) groups excluding carboxylic acids is 1. The number of hydrogen-bond acceptors (Lipinski definition) is 4. The molecule has 5 nitrogen and oxygen atoms in total. The van der Waals surface area contributed by atoms with Gasteiger partial charge in [-0.2, -0.15) is 4.79 Å². The van der Waals surface area contributed by atoms with E-state index in [2.05, 4.69) is 14.6 Å². The number of carbonyl (C=O) groups is 1. The van der Waals surface area contributed by atoms with Gasteiger partial charge in [-0.25, -0.2) is 4.79 Å². The minimum Gasteiger partial charge on any atom is -0.461 e. The summed E-state index contributed by atoms with van der Waals surface area (Å²) >= 11 is 4.76. The summed E-state index contributed by atoms with van der Waals surface area (Å²) in [6.45, 7) is 11.7. The molecule has 0 fully saturated rings. The lowest BCUT2D eigenvalue weighted by Gasteiger charge is -2.42. The van der Waals surface area contributed by atoms with Crippen molar-refractivity contribution in [3.05, 3.63) is 5.53 Å². The fourth-order valence-electron chi connectivity index (χ4n) is 2.65. The van der Waals surface area contributed by atoms with Crippen molar-refractivity contribution in [2.75, 3.05) is 7.11 Å². The van der Waals surface area contributed by atoms with Gasteiger partial charge in [0.15, 0.2) is 0 Å². The van der Waals surface area contributed by atoms with Gasteiger partial charge in [0.2, 0.25) is 0 Å². The highest BCUT2D eigenvalue weighted by Gasteiger charge is 2.66. The van der Waals surface area contributed by atoms with E-state index in [1.165, 1.54) is 7.11 Å². The Hall–Kier alpha value is -1.13. The van der Waals surface area contributed by atoms with Gasteiger partial charge < -0.3 is 10.3 Å². The molecule has 0 bridgehead atoms. The molecule has 106 valence electrons.